The smallest absolute Gasteiger partial charge is 0.220 e. The van der Waals surface area contributed by atoms with E-state index in [0.29, 0.717) is 24.0 Å². The van der Waals surface area contributed by atoms with Crippen LogP contribution in [-0.4, -0.2) is 40.9 Å². The summed E-state index contributed by atoms with van der Waals surface area (Å²) in [5, 5.41) is 17.0. The number of benzene rings is 3. The molecule has 6 nitrogen and oxygen atoms in total. The van der Waals surface area contributed by atoms with Gasteiger partial charge >= 0.3 is 0 Å². The first-order chi connectivity index (χ1) is 19.2. The van der Waals surface area contributed by atoms with Crippen molar-refractivity contribution >= 4 is 66.6 Å². The molecule has 210 valence electrons. The molecule has 0 aromatic heterocycles. The lowest BCUT2D eigenvalue weighted by atomic mass is 9.81. The number of nitrogens with zero attached hydrogens (tertiary/aromatic N) is 1. The second-order valence-corrected chi connectivity index (χ2v) is 12.3. The summed E-state index contributed by atoms with van der Waals surface area (Å²) in [6.07, 6.45) is 7.36. The molecule has 4 rings (SSSR count). The zero-order valence-corrected chi connectivity index (χ0v) is 26.2. The molecule has 0 unspecified atom stereocenters. The average molecular weight is 669 g/mol. The standard InChI is InChI=1S/C32H36Br2N4O2/c1-32(2)26-21-25(37-24-9-5-3-6-10-24)13-14-28(26)38(18-8-4-7-11-30(39)36-17-16-35)29(32)15-12-22-19-23(33)20-27(34)31(22)40/h3,5-6,9-10,12-15,19-21,37H,4,7-8,11,16-18,35H2,1-2H3,(H,36,39)/p+1. The summed E-state index contributed by atoms with van der Waals surface area (Å²) in [7, 11) is 0. The average Bonchev–Trinajstić information content (AvgIpc) is 3.14. The van der Waals surface area contributed by atoms with E-state index in [4.69, 9.17) is 5.73 Å². The fourth-order valence-corrected chi connectivity index (χ4v) is 6.35. The number of para-hydroxylation sites is 1. The van der Waals surface area contributed by atoms with Crippen LogP contribution >= 0.6 is 31.9 Å². The van der Waals surface area contributed by atoms with Crippen LogP contribution in [0.25, 0.3) is 6.08 Å². The molecule has 0 saturated heterocycles. The minimum absolute atomic E-state index is 0.0618. The Morgan fingerprint density at radius 3 is 2.52 bits per heavy atom. The van der Waals surface area contributed by atoms with Crippen LogP contribution in [0.2, 0.25) is 0 Å². The Balaban J connectivity index is 1.61. The maximum absolute atomic E-state index is 12.0. The number of allylic oxidation sites excluding steroid dienone is 1. The van der Waals surface area contributed by atoms with Crippen molar-refractivity contribution in [2.24, 2.45) is 5.73 Å². The second kappa shape index (κ2) is 13.6. The largest absolute Gasteiger partial charge is 0.506 e. The predicted molar refractivity (Wildman–Crippen MR) is 172 cm³/mol. The lowest BCUT2D eigenvalue weighted by Crippen LogP contribution is -2.28. The number of nitrogens with one attached hydrogen (secondary N) is 2. The van der Waals surface area contributed by atoms with E-state index in [1.165, 1.54) is 11.3 Å². The Morgan fingerprint density at radius 1 is 1.00 bits per heavy atom. The van der Waals surface area contributed by atoms with E-state index in [-0.39, 0.29) is 17.1 Å². The molecule has 8 heteroatoms. The van der Waals surface area contributed by atoms with Gasteiger partial charge in [0.15, 0.2) is 5.71 Å². The minimum Gasteiger partial charge on any atom is -0.506 e. The third-order valence-electron chi connectivity index (χ3n) is 7.18. The van der Waals surface area contributed by atoms with Gasteiger partial charge in [0.25, 0.3) is 0 Å². The molecule has 0 saturated carbocycles. The van der Waals surface area contributed by atoms with Gasteiger partial charge in [-0.15, -0.1) is 0 Å². The van der Waals surface area contributed by atoms with Crippen LogP contribution in [0.4, 0.5) is 17.1 Å². The molecular formula is C32H37Br2N4O2+. The van der Waals surface area contributed by atoms with E-state index in [1.54, 1.807) is 0 Å². The van der Waals surface area contributed by atoms with Crippen LogP contribution in [0.15, 0.2) is 75.7 Å². The van der Waals surface area contributed by atoms with Gasteiger partial charge in [-0.05, 0) is 85.1 Å². The van der Waals surface area contributed by atoms with Crippen molar-refractivity contribution in [1.29, 1.82) is 0 Å². The number of phenols is 1. The van der Waals surface area contributed by atoms with E-state index in [9.17, 15) is 9.90 Å². The highest BCUT2D eigenvalue weighted by Gasteiger charge is 2.44. The van der Waals surface area contributed by atoms with E-state index >= 15 is 0 Å². The number of rotatable bonds is 12. The number of aromatic hydroxyl groups is 1. The van der Waals surface area contributed by atoms with E-state index in [2.05, 4.69) is 97.3 Å². The number of nitrogens with two attached hydrogens (primary N) is 1. The number of halogens is 2. The van der Waals surface area contributed by atoms with E-state index in [0.717, 1.165) is 52.9 Å². The van der Waals surface area contributed by atoms with Crippen molar-refractivity contribution in [3.8, 4) is 5.75 Å². The number of phenolic OH excluding ortho intramolecular Hbond substituents is 1. The van der Waals surface area contributed by atoms with Gasteiger partial charge < -0.3 is 21.5 Å². The Hall–Kier alpha value is -2.94. The first-order valence-corrected chi connectivity index (χ1v) is 15.2. The van der Waals surface area contributed by atoms with Crippen LogP contribution < -0.4 is 16.4 Å². The molecule has 1 amide bonds. The van der Waals surface area contributed by atoms with Gasteiger partial charge in [0.2, 0.25) is 11.6 Å². The van der Waals surface area contributed by atoms with Gasteiger partial charge in [-0.1, -0.05) is 34.1 Å². The van der Waals surface area contributed by atoms with Gasteiger partial charge in [0.05, 0.1) is 9.89 Å². The quantitative estimate of drug-likeness (QED) is 0.120. The first-order valence-electron chi connectivity index (χ1n) is 13.6. The number of fused-ring (bicyclic) bond motifs is 1. The van der Waals surface area contributed by atoms with Crippen molar-refractivity contribution in [3.05, 3.63) is 86.8 Å². The van der Waals surface area contributed by atoms with E-state index < -0.39 is 0 Å². The predicted octanol–water partition coefficient (Wildman–Crippen LogP) is 7.39. The lowest BCUT2D eigenvalue weighted by molar-refractivity contribution is -0.438. The molecule has 0 aliphatic carbocycles. The van der Waals surface area contributed by atoms with Crippen LogP contribution in [-0.2, 0) is 10.2 Å². The highest BCUT2D eigenvalue weighted by Crippen LogP contribution is 2.42. The van der Waals surface area contributed by atoms with Crippen molar-refractivity contribution in [3.63, 3.8) is 0 Å². The normalized spacial score (nSPS) is 14.0. The number of amides is 1. The zero-order chi connectivity index (χ0) is 28.7. The lowest BCUT2D eigenvalue weighted by Gasteiger charge is -2.17. The molecule has 0 radical (unpaired) electrons. The minimum atomic E-state index is -0.263. The SMILES string of the molecule is CC1(C)C(/C=C/c2cc(Br)cc(Br)c2O)=[N+](CCCCCC(=O)NCCN)c2ccc(Nc3ccccc3)cc21. The van der Waals surface area contributed by atoms with Crippen LogP contribution in [0.5, 0.6) is 5.75 Å². The Bertz CT molecular complexity index is 1420. The summed E-state index contributed by atoms with van der Waals surface area (Å²) < 4.78 is 3.92. The molecule has 0 fully saturated rings. The van der Waals surface area contributed by atoms with Gasteiger partial charge in [-0.25, -0.2) is 0 Å². The Morgan fingerprint density at radius 2 is 1.77 bits per heavy atom. The molecule has 0 atom stereocenters. The summed E-state index contributed by atoms with van der Waals surface area (Å²) in [6, 6.07) is 20.5. The highest BCUT2D eigenvalue weighted by molar-refractivity contribution is 9.11. The van der Waals surface area contributed by atoms with Gasteiger partial charge in [0.1, 0.15) is 12.3 Å². The molecule has 5 N–H and O–H groups in total. The van der Waals surface area contributed by atoms with Gasteiger partial charge in [0, 0.05) is 65.0 Å². The fraction of sp³-hybridized carbons (Fsp3) is 0.312. The van der Waals surface area contributed by atoms with Crippen molar-refractivity contribution < 1.29 is 14.5 Å². The number of hydrogen-bond acceptors (Lipinski definition) is 4. The Labute approximate surface area is 253 Å². The van der Waals surface area contributed by atoms with Crippen LogP contribution in [0.3, 0.4) is 0 Å². The maximum atomic E-state index is 12.0. The second-order valence-electron chi connectivity index (χ2n) is 10.5. The summed E-state index contributed by atoms with van der Waals surface area (Å²) >= 11 is 6.98. The summed E-state index contributed by atoms with van der Waals surface area (Å²) in [5.41, 5.74) is 11.6. The first kappa shape index (κ1) is 30.0. The van der Waals surface area contributed by atoms with Gasteiger partial charge in [-0.2, -0.15) is 4.58 Å². The van der Waals surface area contributed by atoms with E-state index in [1.807, 2.05) is 36.4 Å². The van der Waals surface area contributed by atoms with Crippen LogP contribution in [0, 0.1) is 0 Å². The summed E-state index contributed by atoms with van der Waals surface area (Å²) in [4.78, 5) is 12.0. The zero-order valence-electron chi connectivity index (χ0n) is 23.0. The molecule has 1 aliphatic rings. The molecule has 40 heavy (non-hydrogen) atoms. The summed E-state index contributed by atoms with van der Waals surface area (Å²) in [6.45, 7) is 6.31. The third-order valence-corrected chi connectivity index (χ3v) is 8.25. The number of unbranched alkanes of at least 4 members (excludes halogenated alkanes) is 2. The number of carbonyl (C=O) groups excluding carboxylic acids is 1. The number of anilines is 2. The molecule has 0 spiro atoms. The molecule has 1 heterocycles. The Kier molecular flexibility index (Phi) is 10.2. The maximum Gasteiger partial charge on any atom is 0.220 e. The molecule has 0 bridgehead atoms. The number of carbonyl (C=O) groups is 1. The fourth-order valence-electron chi connectivity index (χ4n) is 5.10. The molecule has 3 aromatic rings. The van der Waals surface area contributed by atoms with Crippen LogP contribution in [0.1, 0.15) is 50.7 Å². The molecule has 1 aliphatic heterocycles. The topological polar surface area (TPSA) is 90.4 Å². The van der Waals surface area contributed by atoms with Crippen molar-refractivity contribution in [2.75, 3.05) is 25.0 Å². The monoisotopic (exact) mass is 667 g/mol. The van der Waals surface area contributed by atoms with Crippen molar-refractivity contribution in [2.45, 2.75) is 44.9 Å². The van der Waals surface area contributed by atoms with Gasteiger partial charge in [-0.3, -0.25) is 4.79 Å². The molecular weight excluding hydrogens is 632 g/mol. The van der Waals surface area contributed by atoms with Crippen molar-refractivity contribution in [1.82, 2.24) is 5.32 Å². The summed E-state index contributed by atoms with van der Waals surface area (Å²) in [5.74, 6) is 0.272. The third kappa shape index (κ3) is 7.22. The number of hydrogen-bond donors (Lipinski definition) is 4. The molecule has 3 aromatic carbocycles. The highest BCUT2D eigenvalue weighted by atomic mass is 79.9.